The van der Waals surface area contributed by atoms with Crippen molar-refractivity contribution in [2.45, 2.75) is 13.5 Å². The summed E-state index contributed by atoms with van der Waals surface area (Å²) in [6.07, 6.45) is 0. The van der Waals surface area contributed by atoms with Gasteiger partial charge in [-0.25, -0.2) is 4.79 Å². The summed E-state index contributed by atoms with van der Waals surface area (Å²) in [6.45, 7) is 2.20. The van der Waals surface area contributed by atoms with Gasteiger partial charge < -0.3 is 15.2 Å². The number of rotatable bonds is 5. The van der Waals surface area contributed by atoms with Crippen molar-refractivity contribution in [3.8, 4) is 5.75 Å². The molecule has 0 aromatic heterocycles. The smallest absolute Gasteiger partial charge is 0.344 e. The molecule has 1 rings (SSSR count). The predicted octanol–water partition coefficient (Wildman–Crippen LogP) is 1.74. The first-order valence-corrected chi connectivity index (χ1v) is 5.32. The van der Waals surface area contributed by atoms with Crippen molar-refractivity contribution in [3.05, 3.63) is 28.8 Å². The number of nitrogens with two attached hydrogens (primary N) is 1. The molecule has 2 N–H and O–H groups in total. The molecule has 0 atom stereocenters. The summed E-state index contributed by atoms with van der Waals surface area (Å²) in [4.78, 5) is 11.1. The second-order valence-electron chi connectivity index (χ2n) is 3.03. The summed E-state index contributed by atoms with van der Waals surface area (Å²) < 4.78 is 10.0. The number of para-hydroxylation sites is 1. The van der Waals surface area contributed by atoms with Crippen molar-refractivity contribution in [1.82, 2.24) is 0 Å². The van der Waals surface area contributed by atoms with Gasteiger partial charge in [0.15, 0.2) is 6.61 Å². The highest BCUT2D eigenvalue weighted by Gasteiger charge is 2.09. The highest BCUT2D eigenvalue weighted by molar-refractivity contribution is 6.32. The Balaban J connectivity index is 2.69. The fourth-order valence-corrected chi connectivity index (χ4v) is 1.46. The van der Waals surface area contributed by atoms with Crippen LogP contribution < -0.4 is 10.5 Å². The fraction of sp³-hybridized carbons (Fsp3) is 0.364. The highest BCUT2D eigenvalue weighted by atomic mass is 35.5. The molecule has 88 valence electrons. The zero-order valence-electron chi connectivity index (χ0n) is 9.03. The van der Waals surface area contributed by atoms with Gasteiger partial charge in [-0.3, -0.25) is 0 Å². The van der Waals surface area contributed by atoms with Gasteiger partial charge in [0.05, 0.1) is 11.6 Å². The molecule has 0 aliphatic carbocycles. The molecule has 0 spiro atoms. The first-order valence-electron chi connectivity index (χ1n) is 4.95. The lowest BCUT2D eigenvalue weighted by molar-refractivity contribution is -0.145. The van der Waals surface area contributed by atoms with Crippen LogP contribution in [0.3, 0.4) is 0 Å². The topological polar surface area (TPSA) is 61.5 Å². The molecule has 0 heterocycles. The van der Waals surface area contributed by atoms with Gasteiger partial charge in [0, 0.05) is 12.1 Å². The number of hydrogen-bond acceptors (Lipinski definition) is 4. The summed E-state index contributed by atoms with van der Waals surface area (Å²) in [5.41, 5.74) is 6.29. The monoisotopic (exact) mass is 243 g/mol. The molecule has 16 heavy (non-hydrogen) atoms. The number of carbonyl (C=O) groups excluding carboxylic acids is 1. The van der Waals surface area contributed by atoms with Crippen LogP contribution in [0.15, 0.2) is 18.2 Å². The Morgan fingerprint density at radius 1 is 1.50 bits per heavy atom. The Bertz CT molecular complexity index is 368. The maximum Gasteiger partial charge on any atom is 0.344 e. The van der Waals surface area contributed by atoms with E-state index in [2.05, 4.69) is 0 Å². The van der Waals surface area contributed by atoms with Crippen molar-refractivity contribution in [3.63, 3.8) is 0 Å². The minimum Gasteiger partial charge on any atom is -0.480 e. The standard InChI is InChI=1S/C11H14ClNO3/c1-2-15-10(14)7-16-11-8(6-13)4-3-5-9(11)12/h3-5H,2,6-7,13H2,1H3. The normalized spacial score (nSPS) is 9.94. The largest absolute Gasteiger partial charge is 0.480 e. The minimum atomic E-state index is -0.426. The number of ether oxygens (including phenoxy) is 2. The number of esters is 1. The van der Waals surface area contributed by atoms with E-state index in [9.17, 15) is 4.79 Å². The maximum atomic E-state index is 11.1. The second-order valence-corrected chi connectivity index (χ2v) is 3.43. The number of halogens is 1. The van der Waals surface area contributed by atoms with Crippen LogP contribution in [0.2, 0.25) is 5.02 Å². The van der Waals surface area contributed by atoms with E-state index in [-0.39, 0.29) is 6.61 Å². The Hall–Kier alpha value is -1.26. The summed E-state index contributed by atoms with van der Waals surface area (Å²) >= 11 is 5.94. The molecule has 0 aliphatic rings. The number of hydrogen-bond donors (Lipinski definition) is 1. The van der Waals surface area contributed by atoms with Gasteiger partial charge in [-0.2, -0.15) is 0 Å². The molecule has 0 unspecified atom stereocenters. The molecular formula is C11H14ClNO3. The van der Waals surface area contributed by atoms with Gasteiger partial charge in [-0.15, -0.1) is 0 Å². The van der Waals surface area contributed by atoms with E-state index >= 15 is 0 Å². The Kier molecular flexibility index (Phi) is 5.08. The average molecular weight is 244 g/mol. The van der Waals surface area contributed by atoms with Gasteiger partial charge in [0.1, 0.15) is 5.75 Å². The van der Waals surface area contributed by atoms with Crippen LogP contribution >= 0.6 is 11.6 Å². The third-order valence-corrected chi connectivity index (χ3v) is 2.21. The van der Waals surface area contributed by atoms with E-state index < -0.39 is 5.97 Å². The van der Waals surface area contributed by atoms with Gasteiger partial charge in [0.25, 0.3) is 0 Å². The van der Waals surface area contributed by atoms with Crippen molar-refractivity contribution in [2.24, 2.45) is 5.73 Å². The molecular weight excluding hydrogens is 230 g/mol. The molecule has 4 nitrogen and oxygen atoms in total. The van der Waals surface area contributed by atoms with Gasteiger partial charge in [0.2, 0.25) is 0 Å². The molecule has 0 radical (unpaired) electrons. The van der Waals surface area contributed by atoms with Crippen LogP contribution in [0.25, 0.3) is 0 Å². The predicted molar refractivity (Wildman–Crippen MR) is 61.5 cm³/mol. The Labute approximate surface area is 99.3 Å². The Morgan fingerprint density at radius 3 is 2.88 bits per heavy atom. The second kappa shape index (κ2) is 6.35. The van der Waals surface area contributed by atoms with Gasteiger partial charge in [-0.1, -0.05) is 23.7 Å². The molecule has 0 bridgehead atoms. The SMILES string of the molecule is CCOC(=O)COc1c(Cl)cccc1CN. The van der Waals surface area contributed by atoms with E-state index in [1.54, 1.807) is 25.1 Å². The first kappa shape index (κ1) is 12.8. The summed E-state index contributed by atoms with van der Waals surface area (Å²) in [6, 6.07) is 5.26. The molecule has 0 aliphatic heterocycles. The lowest BCUT2D eigenvalue weighted by atomic mass is 10.2. The zero-order valence-corrected chi connectivity index (χ0v) is 9.79. The molecule has 1 aromatic carbocycles. The van der Waals surface area contributed by atoms with Crippen LogP contribution in [0, 0.1) is 0 Å². The highest BCUT2D eigenvalue weighted by Crippen LogP contribution is 2.28. The van der Waals surface area contributed by atoms with E-state index in [1.165, 1.54) is 0 Å². The Morgan fingerprint density at radius 2 is 2.25 bits per heavy atom. The summed E-state index contributed by atoms with van der Waals surface area (Å²) in [7, 11) is 0. The lowest BCUT2D eigenvalue weighted by Gasteiger charge is -2.11. The van der Waals surface area contributed by atoms with Gasteiger partial charge >= 0.3 is 5.97 Å². The van der Waals surface area contributed by atoms with E-state index in [1.807, 2.05) is 0 Å². The van der Waals surface area contributed by atoms with Crippen molar-refractivity contribution < 1.29 is 14.3 Å². The lowest BCUT2D eigenvalue weighted by Crippen LogP contribution is -2.15. The number of benzene rings is 1. The summed E-state index contributed by atoms with van der Waals surface area (Å²) in [5.74, 6) is 0.0186. The van der Waals surface area contributed by atoms with Crippen LogP contribution in [-0.2, 0) is 16.1 Å². The van der Waals surface area contributed by atoms with Crippen LogP contribution in [0.4, 0.5) is 0 Å². The first-order chi connectivity index (χ1) is 7.69. The van der Waals surface area contributed by atoms with E-state index in [4.69, 9.17) is 26.8 Å². The van der Waals surface area contributed by atoms with E-state index in [0.29, 0.717) is 23.9 Å². The zero-order chi connectivity index (χ0) is 12.0. The minimum absolute atomic E-state index is 0.162. The molecule has 0 saturated heterocycles. The summed E-state index contributed by atoms with van der Waals surface area (Å²) in [5, 5.41) is 0.437. The van der Waals surface area contributed by atoms with Crippen molar-refractivity contribution in [2.75, 3.05) is 13.2 Å². The maximum absolute atomic E-state index is 11.1. The molecule has 0 saturated carbocycles. The molecule has 0 fully saturated rings. The fourth-order valence-electron chi connectivity index (χ4n) is 1.21. The molecule has 0 amide bonds. The van der Waals surface area contributed by atoms with Crippen LogP contribution in [0.1, 0.15) is 12.5 Å². The third kappa shape index (κ3) is 3.40. The van der Waals surface area contributed by atoms with Crippen molar-refractivity contribution >= 4 is 17.6 Å². The third-order valence-electron chi connectivity index (χ3n) is 1.91. The molecule has 5 heteroatoms. The van der Waals surface area contributed by atoms with Crippen LogP contribution in [0.5, 0.6) is 5.75 Å². The quantitative estimate of drug-likeness (QED) is 0.801. The van der Waals surface area contributed by atoms with E-state index in [0.717, 1.165) is 5.56 Å². The van der Waals surface area contributed by atoms with Gasteiger partial charge in [-0.05, 0) is 13.0 Å². The molecule has 1 aromatic rings. The van der Waals surface area contributed by atoms with Crippen LogP contribution in [-0.4, -0.2) is 19.2 Å². The number of carbonyl (C=O) groups is 1. The average Bonchev–Trinajstić information content (AvgIpc) is 2.27. The van der Waals surface area contributed by atoms with Crippen molar-refractivity contribution in [1.29, 1.82) is 0 Å².